The van der Waals surface area contributed by atoms with Crippen LogP contribution in [-0.2, 0) is 33.4 Å². The average molecular weight is 692 g/mol. The van der Waals surface area contributed by atoms with Crippen molar-refractivity contribution in [3.63, 3.8) is 0 Å². The van der Waals surface area contributed by atoms with Crippen molar-refractivity contribution in [2.24, 2.45) is 17.8 Å². The first kappa shape index (κ1) is 34.8. The molecule has 2 aromatic rings. The number of hydrogen-bond donors (Lipinski definition) is 2. The van der Waals surface area contributed by atoms with Crippen LogP contribution in [0.1, 0.15) is 38.4 Å². The number of anilines is 1. The van der Waals surface area contributed by atoms with Crippen LogP contribution >= 0.6 is 11.6 Å². The van der Waals surface area contributed by atoms with Gasteiger partial charge in [-0.2, -0.15) is 0 Å². The maximum Gasteiger partial charge on any atom is 0.313 e. The Hall–Kier alpha value is -4.03. The average Bonchev–Trinajstić information content (AvgIpc) is 3.73. The molecule has 0 aliphatic carbocycles. The van der Waals surface area contributed by atoms with Gasteiger partial charge < -0.3 is 34.4 Å². The zero-order valence-electron chi connectivity index (χ0n) is 27.7. The molecule has 2 N–H and O–H groups in total. The van der Waals surface area contributed by atoms with Gasteiger partial charge in [0, 0.05) is 20.1 Å². The number of methoxy groups -OCH3 is 1. The van der Waals surface area contributed by atoms with Gasteiger partial charge in [0.15, 0.2) is 0 Å². The second-order valence-corrected chi connectivity index (χ2v) is 13.7. The molecular weight excluding hydrogens is 650 g/mol. The van der Waals surface area contributed by atoms with Crippen LogP contribution < -0.4 is 10.2 Å². The van der Waals surface area contributed by atoms with E-state index in [0.29, 0.717) is 22.7 Å². The molecule has 6 rings (SSSR count). The van der Waals surface area contributed by atoms with Crippen LogP contribution in [0.25, 0.3) is 0 Å². The van der Waals surface area contributed by atoms with E-state index in [2.05, 4.69) is 5.32 Å². The van der Waals surface area contributed by atoms with Crippen molar-refractivity contribution in [1.29, 1.82) is 0 Å². The summed E-state index contributed by atoms with van der Waals surface area (Å²) in [6.07, 6.45) is 5.73. The molecule has 2 fully saturated rings. The first-order valence-corrected chi connectivity index (χ1v) is 17.1. The molecule has 4 aliphatic heterocycles. The Morgan fingerprint density at radius 2 is 1.78 bits per heavy atom. The number of ether oxygens (including phenoxy) is 3. The highest BCUT2D eigenvalue weighted by molar-refractivity contribution is 6.34. The number of halogens is 1. The quantitative estimate of drug-likeness (QED) is 0.332. The van der Waals surface area contributed by atoms with Gasteiger partial charge in [0.2, 0.25) is 11.8 Å². The molecule has 260 valence electrons. The number of fused-ring (bicyclic) bond motifs is 2. The van der Waals surface area contributed by atoms with Crippen molar-refractivity contribution < 1.29 is 38.5 Å². The third kappa shape index (κ3) is 6.29. The fourth-order valence-corrected chi connectivity index (χ4v) is 7.90. The Bertz CT molecular complexity index is 1630. The van der Waals surface area contributed by atoms with Gasteiger partial charge in [0.1, 0.15) is 23.7 Å². The number of amides is 3. The number of carbonyl (C=O) groups excluding carboxylic acids is 4. The molecule has 4 heterocycles. The molecule has 0 radical (unpaired) electrons. The number of para-hydroxylation sites is 1. The smallest absolute Gasteiger partial charge is 0.313 e. The van der Waals surface area contributed by atoms with Crippen molar-refractivity contribution in [2.75, 3.05) is 31.8 Å². The summed E-state index contributed by atoms with van der Waals surface area (Å²) in [6, 6.07) is 13.2. The lowest BCUT2D eigenvalue weighted by atomic mass is 9.74. The number of cyclic esters (lactones) is 1. The molecule has 0 aromatic heterocycles. The van der Waals surface area contributed by atoms with E-state index in [1.807, 2.05) is 26.0 Å². The molecule has 49 heavy (non-hydrogen) atoms. The molecule has 4 aliphatic rings. The van der Waals surface area contributed by atoms with Crippen molar-refractivity contribution in [2.45, 2.75) is 62.6 Å². The number of hydrogen-bond acceptors (Lipinski definition) is 8. The van der Waals surface area contributed by atoms with E-state index < -0.39 is 72.2 Å². The molecule has 2 saturated heterocycles. The summed E-state index contributed by atoms with van der Waals surface area (Å²) in [5.74, 6) is -4.37. The molecular formula is C37H42ClN3O8. The molecule has 11 nitrogen and oxygen atoms in total. The zero-order valence-corrected chi connectivity index (χ0v) is 28.5. The number of allylic oxidation sites excluding steroid dienone is 1. The van der Waals surface area contributed by atoms with Crippen LogP contribution in [-0.4, -0.2) is 90.4 Å². The Balaban J connectivity index is 1.49. The minimum absolute atomic E-state index is 0.0505. The molecule has 12 heteroatoms. The highest BCUT2D eigenvalue weighted by atomic mass is 35.5. The third-order valence-electron chi connectivity index (χ3n) is 9.96. The van der Waals surface area contributed by atoms with Gasteiger partial charge in [-0.1, -0.05) is 92.2 Å². The molecule has 2 aromatic carbocycles. The predicted molar refractivity (Wildman–Crippen MR) is 181 cm³/mol. The van der Waals surface area contributed by atoms with Crippen LogP contribution in [0.3, 0.4) is 0 Å². The lowest BCUT2D eigenvalue weighted by Gasteiger charge is -2.40. The topological polar surface area (TPSA) is 135 Å². The maximum atomic E-state index is 15.0. The first-order chi connectivity index (χ1) is 23.6. The van der Waals surface area contributed by atoms with Crippen LogP contribution in [0.15, 0.2) is 78.9 Å². The van der Waals surface area contributed by atoms with Gasteiger partial charge in [-0.25, -0.2) is 0 Å². The van der Waals surface area contributed by atoms with Gasteiger partial charge in [-0.15, -0.1) is 0 Å². The minimum Gasteiger partial charge on any atom is -0.455 e. The molecule has 8 atom stereocenters. The number of aliphatic hydroxyl groups excluding tert-OH is 1. The zero-order chi connectivity index (χ0) is 34.9. The van der Waals surface area contributed by atoms with Gasteiger partial charge in [0.25, 0.3) is 5.91 Å². The number of aliphatic hydroxyl groups is 1. The van der Waals surface area contributed by atoms with E-state index in [1.54, 1.807) is 66.8 Å². The second-order valence-electron chi connectivity index (χ2n) is 13.2. The van der Waals surface area contributed by atoms with E-state index >= 15 is 4.79 Å². The summed E-state index contributed by atoms with van der Waals surface area (Å²) in [6.45, 7) is 3.45. The molecule has 5 bridgehead atoms. The summed E-state index contributed by atoms with van der Waals surface area (Å²) < 4.78 is 18.3. The number of nitrogens with zero attached hydrogens (tertiary/aromatic N) is 2. The number of carbonyl (C=O) groups is 4. The summed E-state index contributed by atoms with van der Waals surface area (Å²) >= 11 is 6.65. The normalized spacial score (nSPS) is 31.6. The summed E-state index contributed by atoms with van der Waals surface area (Å²) in [4.78, 5) is 60.2. The molecule has 0 unspecified atom stereocenters. The van der Waals surface area contributed by atoms with Crippen molar-refractivity contribution in [1.82, 2.24) is 10.2 Å². The summed E-state index contributed by atoms with van der Waals surface area (Å²) in [5.41, 5.74) is -0.453. The lowest BCUT2D eigenvalue weighted by molar-refractivity contribution is -0.162. The molecule has 3 amide bonds. The monoisotopic (exact) mass is 691 g/mol. The van der Waals surface area contributed by atoms with E-state index in [-0.39, 0.29) is 31.4 Å². The van der Waals surface area contributed by atoms with Crippen LogP contribution in [0.2, 0.25) is 5.02 Å². The Labute approximate surface area is 290 Å². The van der Waals surface area contributed by atoms with E-state index in [9.17, 15) is 19.5 Å². The number of benzene rings is 2. The highest BCUT2D eigenvalue weighted by Gasteiger charge is 2.74. The minimum atomic E-state index is -1.51. The summed E-state index contributed by atoms with van der Waals surface area (Å²) in [5, 5.41) is 13.9. The third-order valence-corrected chi connectivity index (χ3v) is 10.3. The summed E-state index contributed by atoms with van der Waals surface area (Å²) in [7, 11) is 1.50. The van der Waals surface area contributed by atoms with Gasteiger partial charge in [0.05, 0.1) is 48.0 Å². The predicted octanol–water partition coefficient (Wildman–Crippen LogP) is 3.61. The SMILES string of the molecule is COC[C@H]1NC(=O)CC/C=C\CN(c2ccccc2Cl)C(=O)[C@@H]2N([C@@H](CO)C(C)C)C(=O)[C@H]3[C@H](C(=O)O[C@@H]1c1ccccc1)[C@@H]1C=C[C@]23O1. The van der Waals surface area contributed by atoms with Crippen LogP contribution in [0, 0.1) is 17.8 Å². The van der Waals surface area contributed by atoms with E-state index in [0.717, 1.165) is 0 Å². The Morgan fingerprint density at radius 1 is 1.04 bits per heavy atom. The fourth-order valence-electron chi connectivity index (χ4n) is 7.66. The van der Waals surface area contributed by atoms with E-state index in [1.165, 1.54) is 16.9 Å². The van der Waals surface area contributed by atoms with Crippen molar-refractivity contribution in [3.05, 3.63) is 89.5 Å². The van der Waals surface area contributed by atoms with Gasteiger partial charge >= 0.3 is 5.97 Å². The van der Waals surface area contributed by atoms with Crippen LogP contribution in [0.5, 0.6) is 0 Å². The fraction of sp³-hybridized carbons (Fsp3) is 0.459. The largest absolute Gasteiger partial charge is 0.455 e. The number of esters is 1. The number of rotatable bonds is 7. The highest BCUT2D eigenvalue weighted by Crippen LogP contribution is 2.57. The second kappa shape index (κ2) is 14.4. The van der Waals surface area contributed by atoms with Crippen LogP contribution in [0.4, 0.5) is 5.69 Å². The first-order valence-electron chi connectivity index (χ1n) is 16.7. The van der Waals surface area contributed by atoms with Gasteiger partial charge in [-0.3, -0.25) is 19.2 Å². The Morgan fingerprint density at radius 3 is 2.47 bits per heavy atom. The Kier molecular flexibility index (Phi) is 10.3. The van der Waals surface area contributed by atoms with E-state index in [4.69, 9.17) is 25.8 Å². The van der Waals surface area contributed by atoms with Crippen molar-refractivity contribution >= 4 is 41.0 Å². The molecule has 1 spiro atoms. The standard InChI is InChI=1S/C37H42ClN3O8/c1-22(2)27(20-42)41-33-35(45)40(26-15-10-9-14-24(26)38)19-11-5-8-16-29(43)39-25(21-47-3)32(23-12-6-4-7-13-23)48-36(46)30-28-17-18-37(33,49-28)31(30)34(41)44/h4-7,9-15,17-18,22,25,27-28,30-33,42H,8,16,19-21H2,1-3H3,(H,39,43)/b11-5-/t25-,27+,28+,30-,31-,32-,33+,37-/m1/s1. The maximum absolute atomic E-state index is 15.0. The molecule has 0 saturated carbocycles. The number of likely N-dealkylation sites (tertiary alicyclic amines) is 1. The lowest BCUT2D eigenvalue weighted by Crippen LogP contribution is -2.59. The number of nitrogens with one attached hydrogen (secondary N) is 1. The van der Waals surface area contributed by atoms with Gasteiger partial charge in [-0.05, 0) is 30.0 Å². The van der Waals surface area contributed by atoms with Crippen molar-refractivity contribution in [3.8, 4) is 0 Å².